The van der Waals surface area contributed by atoms with Gasteiger partial charge in [-0.25, -0.2) is 4.79 Å². The van der Waals surface area contributed by atoms with Gasteiger partial charge in [-0.1, -0.05) is 31.5 Å². The van der Waals surface area contributed by atoms with Crippen molar-refractivity contribution >= 4 is 10.8 Å². The lowest BCUT2D eigenvalue weighted by Gasteiger charge is -2.03. The molecule has 0 aliphatic carbocycles. The van der Waals surface area contributed by atoms with Crippen LogP contribution >= 0.6 is 0 Å². The van der Waals surface area contributed by atoms with Gasteiger partial charge in [0.05, 0.1) is 11.6 Å². The van der Waals surface area contributed by atoms with Crippen LogP contribution in [0.15, 0.2) is 39.7 Å². The number of aryl methyl sites for hydroxylation is 1. The minimum absolute atomic E-state index is 0.260. The highest BCUT2D eigenvalue weighted by atomic mass is 16.4. The first kappa shape index (κ1) is 9.97. The number of fused-ring (bicyclic) bond motifs is 1. The lowest BCUT2D eigenvalue weighted by atomic mass is 10.0. The lowest BCUT2D eigenvalue weighted by Crippen LogP contribution is -2.01. The Morgan fingerprint density at radius 3 is 2.67 bits per heavy atom. The highest BCUT2D eigenvalue weighted by Gasteiger charge is 2.04. The molecule has 0 saturated heterocycles. The Hall–Kier alpha value is -1.57. The summed E-state index contributed by atoms with van der Waals surface area (Å²) in [5.74, 6) is 0. The molecule has 2 rings (SSSR count). The maximum absolute atomic E-state index is 11.4. The molecule has 0 amide bonds. The van der Waals surface area contributed by atoms with E-state index in [1.54, 1.807) is 12.3 Å². The van der Waals surface area contributed by atoms with E-state index in [1.807, 2.05) is 18.2 Å². The fraction of sp³-hybridized carbons (Fsp3) is 0.231. The van der Waals surface area contributed by atoms with Crippen molar-refractivity contribution in [2.75, 3.05) is 0 Å². The van der Waals surface area contributed by atoms with Gasteiger partial charge in [0, 0.05) is 0 Å². The monoisotopic (exact) mass is 201 g/mol. The molecule has 0 atom stereocenters. The van der Waals surface area contributed by atoms with E-state index in [2.05, 4.69) is 6.92 Å². The van der Waals surface area contributed by atoms with Crippen LogP contribution in [-0.4, -0.2) is 0 Å². The van der Waals surface area contributed by atoms with E-state index in [0.29, 0.717) is 5.39 Å². The summed E-state index contributed by atoms with van der Waals surface area (Å²) in [5, 5.41) is 1.67. The molecule has 2 heteroatoms. The van der Waals surface area contributed by atoms with Crippen LogP contribution in [0, 0.1) is 6.92 Å². The van der Waals surface area contributed by atoms with Gasteiger partial charge in [-0.15, -0.1) is 0 Å². The van der Waals surface area contributed by atoms with Crippen LogP contribution in [0.25, 0.3) is 10.8 Å². The Bertz CT molecular complexity index is 511. The summed E-state index contributed by atoms with van der Waals surface area (Å²) >= 11 is 0. The predicted molar refractivity (Wildman–Crippen MR) is 60.8 cm³/mol. The summed E-state index contributed by atoms with van der Waals surface area (Å²) in [4.78, 5) is 11.4. The lowest BCUT2D eigenvalue weighted by molar-refractivity contribution is 0.512. The molecule has 2 aromatic rings. The van der Waals surface area contributed by atoms with E-state index in [4.69, 9.17) is 4.42 Å². The maximum Gasteiger partial charge on any atom is 0.343 e. The van der Waals surface area contributed by atoms with Gasteiger partial charge in [0.1, 0.15) is 0 Å². The second kappa shape index (κ2) is 4.30. The first-order chi connectivity index (χ1) is 7.33. The van der Waals surface area contributed by atoms with Gasteiger partial charge in [-0.2, -0.15) is 0 Å². The molecule has 2 nitrogen and oxygen atoms in total. The van der Waals surface area contributed by atoms with Gasteiger partial charge in [-0.3, -0.25) is 0 Å². The molecule has 0 aliphatic rings. The Kier molecular flexibility index (Phi) is 2.86. The Morgan fingerprint density at radius 1 is 1.20 bits per heavy atom. The van der Waals surface area contributed by atoms with E-state index < -0.39 is 0 Å². The van der Waals surface area contributed by atoms with Crippen LogP contribution in [0.4, 0.5) is 0 Å². The van der Waals surface area contributed by atoms with Crippen molar-refractivity contribution in [1.82, 2.24) is 0 Å². The molecule has 0 unspecified atom stereocenters. The first-order valence-corrected chi connectivity index (χ1v) is 5.11. The summed E-state index contributed by atoms with van der Waals surface area (Å²) in [6.45, 7) is 3.81. The summed E-state index contributed by atoms with van der Waals surface area (Å²) in [6, 6.07) is 7.55. The predicted octanol–water partition coefficient (Wildman–Crippen LogP) is 2.95. The zero-order valence-corrected chi connectivity index (χ0v) is 8.53. The molecule has 0 spiro atoms. The van der Waals surface area contributed by atoms with Crippen LogP contribution in [0.3, 0.4) is 0 Å². The number of benzene rings is 1. The summed E-state index contributed by atoms with van der Waals surface area (Å²) in [6.07, 6.45) is 4.39. The van der Waals surface area contributed by atoms with Gasteiger partial charge in [0.25, 0.3) is 0 Å². The molecule has 1 radical (unpaired) electrons. The quantitative estimate of drug-likeness (QED) is 0.764. The summed E-state index contributed by atoms with van der Waals surface area (Å²) in [7, 11) is 0. The molecule has 0 aliphatic heterocycles. The van der Waals surface area contributed by atoms with E-state index in [-0.39, 0.29) is 5.63 Å². The molecular formula is C13H13O2. The molecule has 0 N–H and O–H groups in total. The SMILES string of the molecule is [CH2]CCCc1coc(=O)c2ccccc12. The van der Waals surface area contributed by atoms with Crippen molar-refractivity contribution in [1.29, 1.82) is 0 Å². The average molecular weight is 201 g/mol. The van der Waals surface area contributed by atoms with Crippen LogP contribution in [0.1, 0.15) is 18.4 Å². The normalized spacial score (nSPS) is 10.7. The molecule has 15 heavy (non-hydrogen) atoms. The smallest absolute Gasteiger partial charge is 0.343 e. The van der Waals surface area contributed by atoms with Gasteiger partial charge in [-0.05, 0) is 29.9 Å². The molecule has 77 valence electrons. The van der Waals surface area contributed by atoms with Gasteiger partial charge < -0.3 is 4.42 Å². The van der Waals surface area contributed by atoms with Crippen LogP contribution in [-0.2, 0) is 6.42 Å². The molecule has 1 heterocycles. The van der Waals surface area contributed by atoms with Crippen molar-refractivity contribution in [3.8, 4) is 0 Å². The van der Waals surface area contributed by atoms with E-state index in [1.165, 1.54) is 0 Å². The third kappa shape index (κ3) is 1.94. The van der Waals surface area contributed by atoms with Crippen molar-refractivity contribution < 1.29 is 4.42 Å². The number of rotatable bonds is 3. The summed E-state index contributed by atoms with van der Waals surface area (Å²) in [5.41, 5.74) is 0.831. The van der Waals surface area contributed by atoms with Crippen molar-refractivity contribution in [2.45, 2.75) is 19.3 Å². The zero-order valence-electron chi connectivity index (χ0n) is 8.53. The highest BCUT2D eigenvalue weighted by Crippen LogP contribution is 2.16. The van der Waals surface area contributed by atoms with Gasteiger partial charge >= 0.3 is 5.63 Å². The highest BCUT2D eigenvalue weighted by molar-refractivity contribution is 5.83. The zero-order chi connectivity index (χ0) is 10.7. The molecule has 0 saturated carbocycles. The number of unbranched alkanes of at least 4 members (excludes halogenated alkanes) is 1. The number of hydrogen-bond acceptors (Lipinski definition) is 2. The van der Waals surface area contributed by atoms with E-state index in [9.17, 15) is 4.79 Å². The Morgan fingerprint density at radius 2 is 1.93 bits per heavy atom. The third-order valence-electron chi connectivity index (χ3n) is 2.50. The fourth-order valence-corrected chi connectivity index (χ4v) is 1.70. The maximum atomic E-state index is 11.4. The molecular weight excluding hydrogens is 188 g/mol. The van der Waals surface area contributed by atoms with Gasteiger partial charge in [0.2, 0.25) is 0 Å². The Labute approximate surface area is 88.5 Å². The van der Waals surface area contributed by atoms with Crippen molar-refractivity contribution in [3.63, 3.8) is 0 Å². The van der Waals surface area contributed by atoms with Crippen molar-refractivity contribution in [2.24, 2.45) is 0 Å². The van der Waals surface area contributed by atoms with Crippen LogP contribution in [0.2, 0.25) is 0 Å². The molecule has 0 fully saturated rings. The minimum atomic E-state index is -0.260. The van der Waals surface area contributed by atoms with E-state index in [0.717, 1.165) is 30.2 Å². The van der Waals surface area contributed by atoms with E-state index >= 15 is 0 Å². The topological polar surface area (TPSA) is 30.2 Å². The second-order valence-electron chi connectivity index (χ2n) is 3.55. The second-order valence-corrected chi connectivity index (χ2v) is 3.55. The minimum Gasteiger partial charge on any atom is -0.431 e. The fourth-order valence-electron chi connectivity index (χ4n) is 1.70. The van der Waals surface area contributed by atoms with Crippen LogP contribution in [0.5, 0.6) is 0 Å². The van der Waals surface area contributed by atoms with Gasteiger partial charge in [0.15, 0.2) is 0 Å². The first-order valence-electron chi connectivity index (χ1n) is 5.11. The van der Waals surface area contributed by atoms with Crippen molar-refractivity contribution in [3.05, 3.63) is 53.4 Å². The molecule has 1 aromatic carbocycles. The van der Waals surface area contributed by atoms with Crippen LogP contribution < -0.4 is 5.63 Å². The third-order valence-corrected chi connectivity index (χ3v) is 2.50. The molecule has 1 aromatic heterocycles. The number of hydrogen-bond donors (Lipinski definition) is 0. The molecule has 0 bridgehead atoms. The largest absolute Gasteiger partial charge is 0.431 e. The Balaban J connectivity index is 2.56. The average Bonchev–Trinajstić information content (AvgIpc) is 2.29. The summed E-state index contributed by atoms with van der Waals surface area (Å²) < 4.78 is 4.99. The standard InChI is InChI=1S/C13H13O2/c1-2-3-6-10-9-15-13(14)12-8-5-4-7-11(10)12/h4-5,7-9H,1-3,6H2.